The maximum atomic E-state index is 10.7. The SMILES string of the molecule is NOC(=O)CN1CCCCC1. The molecular weight excluding hydrogens is 144 g/mol. The number of likely N-dealkylation sites (tertiary alicyclic amines) is 1. The zero-order valence-corrected chi connectivity index (χ0v) is 6.58. The van der Waals surface area contributed by atoms with Crippen molar-refractivity contribution in [3.05, 3.63) is 0 Å². The molecular formula is C7H14N2O2. The molecule has 11 heavy (non-hydrogen) atoms. The van der Waals surface area contributed by atoms with Gasteiger partial charge in [0, 0.05) is 0 Å². The van der Waals surface area contributed by atoms with Crippen molar-refractivity contribution in [1.29, 1.82) is 0 Å². The number of hydrogen-bond donors (Lipinski definition) is 1. The van der Waals surface area contributed by atoms with E-state index in [9.17, 15) is 4.79 Å². The molecule has 1 aliphatic heterocycles. The van der Waals surface area contributed by atoms with Crippen molar-refractivity contribution in [2.24, 2.45) is 5.90 Å². The van der Waals surface area contributed by atoms with Crippen molar-refractivity contribution >= 4 is 5.97 Å². The fourth-order valence-corrected chi connectivity index (χ4v) is 1.34. The molecule has 4 heteroatoms. The number of carbonyl (C=O) groups excluding carboxylic acids is 1. The summed E-state index contributed by atoms with van der Waals surface area (Å²) in [5.74, 6) is 4.37. The third-order valence-corrected chi connectivity index (χ3v) is 1.93. The predicted molar refractivity (Wildman–Crippen MR) is 40.6 cm³/mol. The van der Waals surface area contributed by atoms with E-state index < -0.39 is 0 Å². The van der Waals surface area contributed by atoms with Crippen LogP contribution in [-0.2, 0) is 9.63 Å². The first-order valence-electron chi connectivity index (χ1n) is 3.95. The minimum Gasteiger partial charge on any atom is -0.372 e. The summed E-state index contributed by atoms with van der Waals surface area (Å²) in [7, 11) is 0. The van der Waals surface area contributed by atoms with Gasteiger partial charge < -0.3 is 4.84 Å². The van der Waals surface area contributed by atoms with Crippen LogP contribution in [0.2, 0.25) is 0 Å². The second-order valence-corrected chi connectivity index (χ2v) is 2.83. The molecule has 0 spiro atoms. The van der Waals surface area contributed by atoms with Gasteiger partial charge in [0.05, 0.1) is 6.54 Å². The van der Waals surface area contributed by atoms with Gasteiger partial charge in [-0.05, 0) is 25.9 Å². The van der Waals surface area contributed by atoms with E-state index in [0.29, 0.717) is 6.54 Å². The van der Waals surface area contributed by atoms with Gasteiger partial charge in [-0.3, -0.25) is 4.90 Å². The van der Waals surface area contributed by atoms with Crippen LogP contribution in [-0.4, -0.2) is 30.5 Å². The van der Waals surface area contributed by atoms with Crippen LogP contribution in [0, 0.1) is 0 Å². The Labute approximate surface area is 66.3 Å². The van der Waals surface area contributed by atoms with E-state index in [-0.39, 0.29) is 5.97 Å². The lowest BCUT2D eigenvalue weighted by Crippen LogP contribution is -2.35. The summed E-state index contributed by atoms with van der Waals surface area (Å²) < 4.78 is 0. The lowest BCUT2D eigenvalue weighted by molar-refractivity contribution is -0.145. The van der Waals surface area contributed by atoms with Gasteiger partial charge >= 0.3 is 5.97 Å². The number of hydrogen-bond acceptors (Lipinski definition) is 4. The highest BCUT2D eigenvalue weighted by atomic mass is 16.7. The molecule has 0 bridgehead atoms. The van der Waals surface area contributed by atoms with Crippen molar-refractivity contribution < 1.29 is 9.63 Å². The summed E-state index contributed by atoms with van der Waals surface area (Å²) in [6, 6.07) is 0. The van der Waals surface area contributed by atoms with Crippen LogP contribution >= 0.6 is 0 Å². The van der Waals surface area contributed by atoms with Crippen molar-refractivity contribution in [2.45, 2.75) is 19.3 Å². The molecule has 2 N–H and O–H groups in total. The summed E-state index contributed by atoms with van der Waals surface area (Å²) in [5.41, 5.74) is 0. The molecule has 1 aliphatic rings. The summed E-state index contributed by atoms with van der Waals surface area (Å²) in [6.45, 7) is 2.33. The van der Waals surface area contributed by atoms with Gasteiger partial charge in [0.2, 0.25) is 0 Å². The quantitative estimate of drug-likeness (QED) is 0.570. The van der Waals surface area contributed by atoms with E-state index in [1.807, 2.05) is 0 Å². The van der Waals surface area contributed by atoms with E-state index in [1.165, 1.54) is 19.3 Å². The highest BCUT2D eigenvalue weighted by Crippen LogP contribution is 2.07. The molecule has 0 amide bonds. The minimum atomic E-state index is -0.341. The normalized spacial score (nSPS) is 19.7. The van der Waals surface area contributed by atoms with Crippen LogP contribution in [0.5, 0.6) is 0 Å². The molecule has 1 saturated heterocycles. The highest BCUT2D eigenvalue weighted by Gasteiger charge is 2.13. The molecule has 1 rings (SSSR count). The van der Waals surface area contributed by atoms with Gasteiger partial charge in [-0.2, -0.15) is 5.90 Å². The van der Waals surface area contributed by atoms with Crippen molar-refractivity contribution in [3.8, 4) is 0 Å². The Kier molecular flexibility index (Phi) is 3.32. The summed E-state index contributed by atoms with van der Waals surface area (Å²) in [5, 5.41) is 0. The second kappa shape index (κ2) is 4.31. The largest absolute Gasteiger partial charge is 0.372 e. The maximum absolute atomic E-state index is 10.7. The molecule has 0 unspecified atom stereocenters. The summed E-state index contributed by atoms with van der Waals surface area (Å²) >= 11 is 0. The monoisotopic (exact) mass is 158 g/mol. The highest BCUT2D eigenvalue weighted by molar-refractivity contribution is 5.71. The Morgan fingerprint density at radius 3 is 2.55 bits per heavy atom. The average molecular weight is 158 g/mol. The van der Waals surface area contributed by atoms with Gasteiger partial charge in [0.25, 0.3) is 0 Å². The summed E-state index contributed by atoms with van der Waals surface area (Å²) in [4.78, 5) is 16.8. The molecule has 1 heterocycles. The topological polar surface area (TPSA) is 55.6 Å². The third-order valence-electron chi connectivity index (χ3n) is 1.93. The predicted octanol–water partition coefficient (Wildman–Crippen LogP) is -0.111. The maximum Gasteiger partial charge on any atom is 0.338 e. The van der Waals surface area contributed by atoms with Crippen LogP contribution in [0.4, 0.5) is 0 Å². The van der Waals surface area contributed by atoms with Gasteiger partial charge in [0.15, 0.2) is 0 Å². The second-order valence-electron chi connectivity index (χ2n) is 2.83. The zero-order valence-electron chi connectivity index (χ0n) is 6.58. The van der Waals surface area contributed by atoms with Crippen molar-refractivity contribution in [1.82, 2.24) is 4.90 Å². The first-order chi connectivity index (χ1) is 5.33. The van der Waals surface area contributed by atoms with Gasteiger partial charge in [-0.25, -0.2) is 4.79 Å². The lowest BCUT2D eigenvalue weighted by Gasteiger charge is -2.24. The number of nitrogens with zero attached hydrogens (tertiary/aromatic N) is 1. The van der Waals surface area contributed by atoms with Gasteiger partial charge in [-0.15, -0.1) is 0 Å². The Hall–Kier alpha value is -0.610. The number of carbonyl (C=O) groups is 1. The number of piperidine rings is 1. The molecule has 4 nitrogen and oxygen atoms in total. The Morgan fingerprint density at radius 1 is 1.36 bits per heavy atom. The van der Waals surface area contributed by atoms with Crippen molar-refractivity contribution in [3.63, 3.8) is 0 Å². The fraction of sp³-hybridized carbons (Fsp3) is 0.857. The van der Waals surface area contributed by atoms with Crippen LogP contribution in [0.3, 0.4) is 0 Å². The molecule has 64 valence electrons. The number of nitrogens with two attached hydrogens (primary N) is 1. The minimum absolute atomic E-state index is 0.341. The molecule has 0 saturated carbocycles. The first kappa shape index (κ1) is 8.49. The van der Waals surface area contributed by atoms with E-state index >= 15 is 0 Å². The van der Waals surface area contributed by atoms with E-state index in [2.05, 4.69) is 9.74 Å². The Bertz CT molecular complexity index is 132. The standard InChI is InChI=1S/C7H14N2O2/c8-11-7(10)6-9-4-2-1-3-5-9/h1-6,8H2. The Morgan fingerprint density at radius 2 is 2.00 bits per heavy atom. The number of rotatable bonds is 2. The van der Waals surface area contributed by atoms with E-state index in [0.717, 1.165) is 13.1 Å². The van der Waals surface area contributed by atoms with E-state index in [4.69, 9.17) is 5.90 Å². The molecule has 0 aromatic carbocycles. The van der Waals surface area contributed by atoms with Crippen molar-refractivity contribution in [2.75, 3.05) is 19.6 Å². The van der Waals surface area contributed by atoms with Crippen LogP contribution < -0.4 is 5.90 Å². The molecule has 0 aliphatic carbocycles. The molecule has 0 aromatic heterocycles. The molecule has 1 fully saturated rings. The van der Waals surface area contributed by atoms with E-state index in [1.54, 1.807) is 0 Å². The Balaban J connectivity index is 2.19. The van der Waals surface area contributed by atoms with Crippen LogP contribution in [0.25, 0.3) is 0 Å². The zero-order chi connectivity index (χ0) is 8.10. The smallest absolute Gasteiger partial charge is 0.338 e. The van der Waals surface area contributed by atoms with Crippen LogP contribution in [0.1, 0.15) is 19.3 Å². The first-order valence-corrected chi connectivity index (χ1v) is 3.95. The molecule has 0 aromatic rings. The lowest BCUT2D eigenvalue weighted by atomic mass is 10.1. The third kappa shape index (κ3) is 2.86. The average Bonchev–Trinajstić information content (AvgIpc) is 2.06. The molecule has 0 atom stereocenters. The van der Waals surface area contributed by atoms with Crippen LogP contribution in [0.15, 0.2) is 0 Å². The van der Waals surface area contributed by atoms with Gasteiger partial charge in [0.1, 0.15) is 0 Å². The fourth-order valence-electron chi connectivity index (χ4n) is 1.34. The van der Waals surface area contributed by atoms with Gasteiger partial charge in [-0.1, -0.05) is 6.42 Å². The summed E-state index contributed by atoms with van der Waals surface area (Å²) in [6.07, 6.45) is 3.63. The molecule has 0 radical (unpaired) electrons.